The standard InChI is InChI=1S/C23H16FN5O/c1-14-7-9-17(12-18(14)24)26-22-23-28-25-13-29(23)20-11-16(8-10-19(20)27-22)21(30)15-5-3-2-4-6-15/h2-13H,1H3,(H,26,27). The van der Waals surface area contributed by atoms with E-state index in [2.05, 4.69) is 20.5 Å². The van der Waals surface area contributed by atoms with Gasteiger partial charge in [0.2, 0.25) is 5.65 Å². The van der Waals surface area contributed by atoms with Gasteiger partial charge >= 0.3 is 0 Å². The number of hydrogen-bond acceptors (Lipinski definition) is 5. The highest BCUT2D eigenvalue weighted by molar-refractivity contribution is 6.10. The largest absolute Gasteiger partial charge is 0.337 e. The van der Waals surface area contributed by atoms with Gasteiger partial charge in [-0.25, -0.2) is 9.37 Å². The highest BCUT2D eigenvalue weighted by Crippen LogP contribution is 2.25. The van der Waals surface area contributed by atoms with Crippen LogP contribution in [-0.4, -0.2) is 25.4 Å². The molecule has 2 heterocycles. The molecule has 0 radical (unpaired) electrons. The first-order valence-electron chi connectivity index (χ1n) is 9.36. The van der Waals surface area contributed by atoms with Crippen molar-refractivity contribution in [2.75, 3.05) is 5.32 Å². The average Bonchev–Trinajstić information content (AvgIpc) is 3.27. The van der Waals surface area contributed by atoms with Crippen LogP contribution in [0.1, 0.15) is 21.5 Å². The second-order valence-corrected chi connectivity index (χ2v) is 6.97. The lowest BCUT2D eigenvalue weighted by molar-refractivity contribution is 0.103. The van der Waals surface area contributed by atoms with E-state index < -0.39 is 0 Å². The summed E-state index contributed by atoms with van der Waals surface area (Å²) >= 11 is 0. The fourth-order valence-electron chi connectivity index (χ4n) is 3.34. The summed E-state index contributed by atoms with van der Waals surface area (Å²) < 4.78 is 15.7. The third-order valence-corrected chi connectivity index (χ3v) is 4.96. The third kappa shape index (κ3) is 3.06. The highest BCUT2D eigenvalue weighted by atomic mass is 19.1. The van der Waals surface area contributed by atoms with E-state index in [4.69, 9.17) is 0 Å². The molecule has 1 N–H and O–H groups in total. The number of fused-ring (bicyclic) bond motifs is 3. The number of halogens is 1. The van der Waals surface area contributed by atoms with Gasteiger partial charge in [0.25, 0.3) is 0 Å². The molecule has 5 aromatic rings. The lowest BCUT2D eigenvalue weighted by Gasteiger charge is -2.11. The Bertz CT molecular complexity index is 1410. The average molecular weight is 397 g/mol. The minimum atomic E-state index is -0.303. The predicted molar refractivity (Wildman–Crippen MR) is 113 cm³/mol. The molecule has 6 nitrogen and oxygen atoms in total. The minimum absolute atomic E-state index is 0.0731. The first-order chi connectivity index (χ1) is 14.6. The number of aromatic nitrogens is 4. The van der Waals surface area contributed by atoms with E-state index in [9.17, 15) is 9.18 Å². The van der Waals surface area contributed by atoms with Gasteiger partial charge in [0, 0.05) is 16.8 Å². The van der Waals surface area contributed by atoms with Crippen LogP contribution in [0, 0.1) is 12.7 Å². The first-order valence-corrected chi connectivity index (χ1v) is 9.36. The normalized spacial score (nSPS) is 11.1. The molecule has 0 aliphatic carbocycles. The Morgan fingerprint density at radius 1 is 1.00 bits per heavy atom. The maximum absolute atomic E-state index is 13.9. The number of carbonyl (C=O) groups excluding carboxylic acids is 1. The predicted octanol–water partition coefficient (Wildman–Crippen LogP) is 4.70. The van der Waals surface area contributed by atoms with Crippen molar-refractivity contribution in [3.8, 4) is 0 Å². The molecule has 3 aromatic carbocycles. The second kappa shape index (κ2) is 7.04. The lowest BCUT2D eigenvalue weighted by Crippen LogP contribution is -2.04. The van der Waals surface area contributed by atoms with Crippen LogP contribution in [0.5, 0.6) is 0 Å². The number of benzene rings is 3. The summed E-state index contributed by atoms with van der Waals surface area (Å²) in [6.45, 7) is 1.71. The van der Waals surface area contributed by atoms with E-state index in [-0.39, 0.29) is 11.6 Å². The summed E-state index contributed by atoms with van der Waals surface area (Å²) in [6, 6.07) is 19.3. The quantitative estimate of drug-likeness (QED) is 0.445. The number of nitrogens with zero attached hydrogens (tertiary/aromatic N) is 4. The first kappa shape index (κ1) is 17.9. The van der Waals surface area contributed by atoms with Crippen molar-refractivity contribution in [1.29, 1.82) is 0 Å². The molecule has 0 bridgehead atoms. The Labute approximate surface area is 171 Å². The summed E-state index contributed by atoms with van der Waals surface area (Å²) in [5.41, 5.74) is 4.13. The van der Waals surface area contributed by atoms with Crippen molar-refractivity contribution >= 4 is 34.0 Å². The molecular formula is C23H16FN5O. The van der Waals surface area contributed by atoms with E-state index in [0.717, 1.165) is 0 Å². The fraction of sp³-hybridized carbons (Fsp3) is 0.0435. The van der Waals surface area contributed by atoms with Crippen LogP contribution in [0.15, 0.2) is 73.1 Å². The Kier molecular flexibility index (Phi) is 4.21. The number of hydrogen-bond donors (Lipinski definition) is 1. The molecule has 0 aliphatic heterocycles. The highest BCUT2D eigenvalue weighted by Gasteiger charge is 2.15. The van der Waals surface area contributed by atoms with Crippen LogP contribution >= 0.6 is 0 Å². The summed E-state index contributed by atoms with van der Waals surface area (Å²) in [7, 11) is 0. The molecule has 7 heteroatoms. The van der Waals surface area contributed by atoms with Crippen molar-refractivity contribution in [1.82, 2.24) is 19.6 Å². The third-order valence-electron chi connectivity index (χ3n) is 4.96. The Morgan fingerprint density at radius 2 is 1.83 bits per heavy atom. The van der Waals surface area contributed by atoms with Crippen LogP contribution in [0.4, 0.5) is 15.9 Å². The molecule has 0 atom stereocenters. The van der Waals surface area contributed by atoms with Crippen molar-refractivity contribution in [3.05, 3.63) is 95.6 Å². The summed E-state index contributed by atoms with van der Waals surface area (Å²) in [4.78, 5) is 17.5. The number of aryl methyl sites for hydroxylation is 1. The smallest absolute Gasteiger partial charge is 0.204 e. The van der Waals surface area contributed by atoms with Crippen molar-refractivity contribution in [3.63, 3.8) is 0 Å². The maximum atomic E-state index is 13.9. The Hall–Kier alpha value is -4.13. The summed E-state index contributed by atoms with van der Waals surface area (Å²) in [6.07, 6.45) is 1.57. The van der Waals surface area contributed by atoms with Gasteiger partial charge in [0.1, 0.15) is 12.1 Å². The Morgan fingerprint density at radius 3 is 2.63 bits per heavy atom. The van der Waals surface area contributed by atoms with Gasteiger partial charge in [-0.2, -0.15) is 0 Å². The van der Waals surface area contributed by atoms with Gasteiger partial charge in [-0.1, -0.05) is 36.4 Å². The molecule has 0 fully saturated rings. The molecule has 0 aliphatic rings. The van der Waals surface area contributed by atoms with Gasteiger partial charge in [-0.05, 0) is 42.8 Å². The van der Waals surface area contributed by atoms with E-state index >= 15 is 0 Å². The molecule has 0 unspecified atom stereocenters. The molecule has 0 saturated carbocycles. The van der Waals surface area contributed by atoms with Crippen molar-refractivity contribution < 1.29 is 9.18 Å². The van der Waals surface area contributed by atoms with E-state index in [0.29, 0.717) is 44.9 Å². The molecule has 0 saturated heterocycles. The maximum Gasteiger partial charge on any atom is 0.204 e. The SMILES string of the molecule is Cc1ccc(Nc2nc3ccc(C(=O)c4ccccc4)cc3n3cnnc23)cc1F. The molecule has 0 amide bonds. The Balaban J connectivity index is 1.60. The number of ketones is 1. The number of carbonyl (C=O) groups is 1. The number of rotatable bonds is 4. The van der Waals surface area contributed by atoms with Gasteiger partial charge < -0.3 is 5.32 Å². The lowest BCUT2D eigenvalue weighted by atomic mass is 10.0. The molecule has 30 heavy (non-hydrogen) atoms. The second-order valence-electron chi connectivity index (χ2n) is 6.97. The van der Waals surface area contributed by atoms with Gasteiger partial charge in [0.05, 0.1) is 11.0 Å². The molecule has 5 rings (SSSR count). The minimum Gasteiger partial charge on any atom is -0.337 e. The molecule has 2 aromatic heterocycles. The van der Waals surface area contributed by atoms with E-state index in [1.165, 1.54) is 6.07 Å². The number of nitrogens with one attached hydrogen (secondary N) is 1. The van der Waals surface area contributed by atoms with Crippen LogP contribution in [0.25, 0.3) is 16.7 Å². The van der Waals surface area contributed by atoms with Crippen molar-refractivity contribution in [2.24, 2.45) is 0 Å². The molecule has 0 spiro atoms. The molecule has 146 valence electrons. The monoisotopic (exact) mass is 397 g/mol. The van der Waals surface area contributed by atoms with Crippen LogP contribution in [-0.2, 0) is 0 Å². The van der Waals surface area contributed by atoms with E-state index in [1.807, 2.05) is 18.2 Å². The van der Waals surface area contributed by atoms with Gasteiger partial charge in [-0.15, -0.1) is 10.2 Å². The van der Waals surface area contributed by atoms with Crippen LogP contribution < -0.4 is 5.32 Å². The summed E-state index contributed by atoms with van der Waals surface area (Å²) in [5.74, 6) is 0.0730. The zero-order valence-electron chi connectivity index (χ0n) is 16.0. The van der Waals surface area contributed by atoms with Crippen molar-refractivity contribution in [2.45, 2.75) is 6.92 Å². The van der Waals surface area contributed by atoms with Gasteiger partial charge in [0.15, 0.2) is 11.6 Å². The zero-order chi connectivity index (χ0) is 20.7. The summed E-state index contributed by atoms with van der Waals surface area (Å²) in [5, 5.41) is 11.3. The fourth-order valence-corrected chi connectivity index (χ4v) is 3.34. The number of anilines is 2. The molecular weight excluding hydrogens is 381 g/mol. The van der Waals surface area contributed by atoms with E-state index in [1.54, 1.807) is 60.1 Å². The van der Waals surface area contributed by atoms with Gasteiger partial charge in [-0.3, -0.25) is 9.20 Å². The van der Waals surface area contributed by atoms with Crippen LogP contribution in [0.3, 0.4) is 0 Å². The van der Waals surface area contributed by atoms with Crippen LogP contribution in [0.2, 0.25) is 0 Å². The zero-order valence-corrected chi connectivity index (χ0v) is 16.0. The topological polar surface area (TPSA) is 72.2 Å².